The number of para-hydroxylation sites is 2. The van der Waals surface area contributed by atoms with E-state index in [-0.39, 0.29) is 0 Å². The van der Waals surface area contributed by atoms with Gasteiger partial charge in [0.1, 0.15) is 11.2 Å². The molecule has 10 aromatic carbocycles. The van der Waals surface area contributed by atoms with E-state index >= 15 is 0 Å². The predicted octanol–water partition coefficient (Wildman–Crippen LogP) is 15.8. The molecule has 0 saturated carbocycles. The van der Waals surface area contributed by atoms with Crippen LogP contribution in [0, 0.1) is 0 Å². The average Bonchev–Trinajstić information content (AvgIpc) is 3.73. The molecule has 0 bridgehead atoms. The minimum atomic E-state index is 0.692. The van der Waals surface area contributed by atoms with Crippen LogP contribution in [-0.4, -0.2) is 9.97 Å². The van der Waals surface area contributed by atoms with Gasteiger partial charge in [-0.3, -0.25) is 0 Å². The van der Waals surface area contributed by atoms with Crippen LogP contribution < -0.4 is 0 Å². The molecule has 0 aliphatic rings. The van der Waals surface area contributed by atoms with Crippen molar-refractivity contribution < 1.29 is 4.42 Å². The van der Waals surface area contributed by atoms with Gasteiger partial charge in [-0.15, -0.1) is 0 Å². The molecule has 284 valence electrons. The molecule has 0 spiro atoms. The molecule has 0 aliphatic heterocycles. The van der Waals surface area contributed by atoms with Gasteiger partial charge in [0.25, 0.3) is 0 Å². The van der Waals surface area contributed by atoms with Crippen molar-refractivity contribution in [3.8, 4) is 67.3 Å². The lowest BCUT2D eigenvalue weighted by atomic mass is 9.89. The van der Waals surface area contributed by atoms with Gasteiger partial charge in [-0.25, -0.2) is 9.97 Å². The van der Waals surface area contributed by atoms with Gasteiger partial charge < -0.3 is 4.42 Å². The Morgan fingerprint density at radius 1 is 0.295 bits per heavy atom. The van der Waals surface area contributed by atoms with Crippen molar-refractivity contribution in [2.24, 2.45) is 0 Å². The Hall–Kier alpha value is -8.14. The summed E-state index contributed by atoms with van der Waals surface area (Å²) in [5, 5.41) is 9.85. The number of fused-ring (bicyclic) bond motifs is 7. The van der Waals surface area contributed by atoms with Crippen molar-refractivity contribution in [1.82, 2.24) is 9.97 Å². The standard InChI is InChI=1S/C58H36N2O/c1-2-12-44(13-3-1)58-59-53(36-54(60-58)42-29-25-40(26-30-42)48-18-10-19-51-49-17-8-9-20-55(49)61-57(48)51)41-27-21-37(22-28-41)38-23-31-43(32-24-38)56-47-16-7-5-14-45(47)35-52-46-15-6-4-11-39(46)33-34-50(52)56/h1-36H. The highest BCUT2D eigenvalue weighted by Crippen LogP contribution is 2.41. The van der Waals surface area contributed by atoms with Gasteiger partial charge in [0.15, 0.2) is 5.82 Å². The lowest BCUT2D eigenvalue weighted by Gasteiger charge is -2.14. The Labute approximate surface area is 352 Å². The minimum Gasteiger partial charge on any atom is -0.455 e. The third-order valence-corrected chi connectivity index (χ3v) is 12.1. The first kappa shape index (κ1) is 34.9. The van der Waals surface area contributed by atoms with Crippen LogP contribution in [0.5, 0.6) is 0 Å². The van der Waals surface area contributed by atoms with Crippen molar-refractivity contribution in [3.05, 3.63) is 218 Å². The predicted molar refractivity (Wildman–Crippen MR) is 254 cm³/mol. The Morgan fingerprint density at radius 3 is 1.57 bits per heavy atom. The highest BCUT2D eigenvalue weighted by atomic mass is 16.3. The second-order valence-electron chi connectivity index (χ2n) is 15.7. The topological polar surface area (TPSA) is 38.9 Å². The molecular formula is C58H36N2O. The van der Waals surface area contributed by atoms with E-state index in [2.05, 4.69) is 188 Å². The Morgan fingerprint density at radius 2 is 0.852 bits per heavy atom. The zero-order valence-corrected chi connectivity index (χ0v) is 33.1. The van der Waals surface area contributed by atoms with Crippen LogP contribution in [0.25, 0.3) is 122 Å². The van der Waals surface area contributed by atoms with Crippen molar-refractivity contribution in [2.75, 3.05) is 0 Å². The van der Waals surface area contributed by atoms with E-state index < -0.39 is 0 Å². The first-order chi connectivity index (χ1) is 30.2. The molecule has 2 aromatic heterocycles. The van der Waals surface area contributed by atoms with Gasteiger partial charge in [0.2, 0.25) is 0 Å². The lowest BCUT2D eigenvalue weighted by Crippen LogP contribution is -1.96. The van der Waals surface area contributed by atoms with E-state index in [0.29, 0.717) is 5.82 Å². The Bertz CT molecular complexity index is 3610. The summed E-state index contributed by atoms with van der Waals surface area (Å²) in [7, 11) is 0. The number of aromatic nitrogens is 2. The fraction of sp³-hybridized carbons (Fsp3) is 0. The molecule has 0 saturated heterocycles. The summed E-state index contributed by atoms with van der Waals surface area (Å²) in [6.07, 6.45) is 0. The number of furan rings is 1. The highest BCUT2D eigenvalue weighted by Gasteiger charge is 2.16. The summed E-state index contributed by atoms with van der Waals surface area (Å²) >= 11 is 0. The van der Waals surface area contributed by atoms with Gasteiger partial charge in [-0.05, 0) is 78.3 Å². The summed E-state index contributed by atoms with van der Waals surface area (Å²) in [6.45, 7) is 0. The molecule has 3 nitrogen and oxygen atoms in total. The molecule has 2 heterocycles. The fourth-order valence-corrected chi connectivity index (χ4v) is 9.05. The van der Waals surface area contributed by atoms with Gasteiger partial charge in [-0.2, -0.15) is 0 Å². The first-order valence-electron chi connectivity index (χ1n) is 20.7. The maximum absolute atomic E-state index is 6.36. The molecule has 0 radical (unpaired) electrons. The molecule has 12 rings (SSSR count). The van der Waals surface area contributed by atoms with Crippen LogP contribution in [0.1, 0.15) is 0 Å². The van der Waals surface area contributed by atoms with E-state index in [4.69, 9.17) is 14.4 Å². The molecular weight excluding hydrogens is 741 g/mol. The Kier molecular flexibility index (Phi) is 8.17. The average molecular weight is 777 g/mol. The van der Waals surface area contributed by atoms with E-state index in [9.17, 15) is 0 Å². The van der Waals surface area contributed by atoms with Crippen molar-refractivity contribution in [1.29, 1.82) is 0 Å². The zero-order valence-electron chi connectivity index (χ0n) is 33.1. The second-order valence-corrected chi connectivity index (χ2v) is 15.7. The molecule has 61 heavy (non-hydrogen) atoms. The summed E-state index contributed by atoms with van der Waals surface area (Å²) in [5.41, 5.74) is 13.5. The van der Waals surface area contributed by atoms with E-state index in [0.717, 1.165) is 72.3 Å². The number of rotatable bonds is 6. The lowest BCUT2D eigenvalue weighted by molar-refractivity contribution is 0.670. The van der Waals surface area contributed by atoms with Crippen LogP contribution in [0.15, 0.2) is 223 Å². The van der Waals surface area contributed by atoms with Crippen LogP contribution in [-0.2, 0) is 0 Å². The van der Waals surface area contributed by atoms with Gasteiger partial charge in [0.05, 0.1) is 11.4 Å². The van der Waals surface area contributed by atoms with Crippen LogP contribution >= 0.6 is 0 Å². The Balaban J connectivity index is 0.885. The molecule has 3 heteroatoms. The minimum absolute atomic E-state index is 0.692. The van der Waals surface area contributed by atoms with Gasteiger partial charge in [0, 0.05) is 33.0 Å². The van der Waals surface area contributed by atoms with Crippen molar-refractivity contribution in [2.45, 2.75) is 0 Å². The molecule has 0 N–H and O–H groups in total. The van der Waals surface area contributed by atoms with Gasteiger partial charge in [-0.1, -0.05) is 200 Å². The van der Waals surface area contributed by atoms with Gasteiger partial charge >= 0.3 is 0 Å². The number of hydrogen-bond acceptors (Lipinski definition) is 3. The first-order valence-corrected chi connectivity index (χ1v) is 20.7. The molecule has 0 aliphatic carbocycles. The summed E-state index contributed by atoms with van der Waals surface area (Å²) < 4.78 is 6.36. The normalized spacial score (nSPS) is 11.6. The van der Waals surface area contributed by atoms with E-state index in [1.54, 1.807) is 0 Å². The number of nitrogens with zero attached hydrogens (tertiary/aromatic N) is 2. The smallest absolute Gasteiger partial charge is 0.160 e. The molecule has 12 aromatic rings. The van der Waals surface area contributed by atoms with Crippen molar-refractivity contribution in [3.63, 3.8) is 0 Å². The molecule has 0 fully saturated rings. The fourth-order valence-electron chi connectivity index (χ4n) is 9.05. The number of hydrogen-bond donors (Lipinski definition) is 0. The SMILES string of the molecule is c1ccc(-c2nc(-c3ccc(-c4ccc(-c5c6ccccc6cc6c5ccc5ccccc56)cc4)cc3)cc(-c3ccc(-c4cccc5c4oc4ccccc45)cc3)n2)cc1. The molecule has 0 atom stereocenters. The third-order valence-electron chi connectivity index (χ3n) is 12.1. The van der Waals surface area contributed by atoms with E-state index in [1.165, 1.54) is 43.4 Å². The monoisotopic (exact) mass is 776 g/mol. The maximum Gasteiger partial charge on any atom is 0.160 e. The van der Waals surface area contributed by atoms with Crippen LogP contribution in [0.3, 0.4) is 0 Å². The third kappa shape index (κ3) is 6.06. The van der Waals surface area contributed by atoms with Crippen molar-refractivity contribution >= 4 is 54.3 Å². The quantitative estimate of drug-likeness (QED) is 0.125. The largest absolute Gasteiger partial charge is 0.455 e. The van der Waals surface area contributed by atoms with E-state index in [1.807, 2.05) is 30.3 Å². The number of benzene rings is 10. The van der Waals surface area contributed by atoms with Crippen LogP contribution in [0.4, 0.5) is 0 Å². The maximum atomic E-state index is 6.36. The summed E-state index contributed by atoms with van der Waals surface area (Å²) in [6, 6.07) is 77.5. The van der Waals surface area contributed by atoms with Crippen LogP contribution in [0.2, 0.25) is 0 Å². The summed E-state index contributed by atoms with van der Waals surface area (Å²) in [4.78, 5) is 10.2. The zero-order chi connectivity index (χ0) is 40.3. The summed E-state index contributed by atoms with van der Waals surface area (Å²) in [5.74, 6) is 0.692. The highest BCUT2D eigenvalue weighted by molar-refractivity contribution is 6.20. The molecule has 0 unspecified atom stereocenters. The molecule has 0 amide bonds. The second kappa shape index (κ2) is 14.3.